The van der Waals surface area contributed by atoms with E-state index in [1.165, 1.54) is 12.8 Å². The van der Waals surface area contributed by atoms with Gasteiger partial charge in [0.1, 0.15) is 0 Å². The van der Waals surface area contributed by atoms with Crippen LogP contribution in [0.2, 0.25) is 5.02 Å². The molecule has 1 aliphatic rings. The van der Waals surface area contributed by atoms with Gasteiger partial charge in [0.25, 0.3) is 0 Å². The molecule has 4 heteroatoms. The van der Waals surface area contributed by atoms with Crippen molar-refractivity contribution in [2.24, 2.45) is 5.92 Å². The van der Waals surface area contributed by atoms with Crippen LogP contribution in [-0.4, -0.2) is 13.2 Å². The molecule has 0 N–H and O–H groups in total. The summed E-state index contributed by atoms with van der Waals surface area (Å²) in [5.41, 5.74) is 0.946. The van der Waals surface area contributed by atoms with Crippen molar-refractivity contribution in [2.75, 3.05) is 13.2 Å². The van der Waals surface area contributed by atoms with Crippen molar-refractivity contribution in [3.63, 3.8) is 0 Å². The Labute approximate surface area is 125 Å². The molecule has 2 nitrogen and oxygen atoms in total. The van der Waals surface area contributed by atoms with Crippen LogP contribution in [0.4, 0.5) is 0 Å². The summed E-state index contributed by atoms with van der Waals surface area (Å²) in [6, 6.07) is 3.74. The largest absolute Gasteiger partial charge is 0.490 e. The van der Waals surface area contributed by atoms with E-state index >= 15 is 0 Å². The van der Waals surface area contributed by atoms with Gasteiger partial charge in [0, 0.05) is 11.1 Å². The van der Waals surface area contributed by atoms with Crippen LogP contribution in [0, 0.1) is 5.92 Å². The van der Waals surface area contributed by atoms with Crippen LogP contribution in [-0.2, 0) is 0 Å². The van der Waals surface area contributed by atoms with E-state index < -0.39 is 0 Å². The molecule has 19 heavy (non-hydrogen) atoms. The highest BCUT2D eigenvalue weighted by Gasteiger charge is 2.27. The average molecular weight is 303 g/mol. The zero-order valence-corrected chi connectivity index (χ0v) is 12.9. The Morgan fingerprint density at radius 1 is 1.16 bits per heavy atom. The fraction of sp³-hybridized carbons (Fsp3) is 0.600. The molecule has 1 saturated carbocycles. The predicted octanol–water partition coefficient (Wildman–Crippen LogP) is 5.22. The van der Waals surface area contributed by atoms with Gasteiger partial charge < -0.3 is 9.47 Å². The lowest BCUT2D eigenvalue weighted by atomic mass is 10.1. The second-order valence-electron chi connectivity index (χ2n) is 4.83. The van der Waals surface area contributed by atoms with E-state index in [0.717, 1.165) is 23.7 Å². The van der Waals surface area contributed by atoms with Crippen LogP contribution in [0.5, 0.6) is 11.5 Å². The third-order valence-electron chi connectivity index (χ3n) is 3.24. The lowest BCUT2D eigenvalue weighted by molar-refractivity contribution is 0.287. The Balaban J connectivity index is 2.23. The van der Waals surface area contributed by atoms with Gasteiger partial charge in [-0.3, -0.25) is 0 Å². The first kappa shape index (κ1) is 14.8. The van der Waals surface area contributed by atoms with Crippen LogP contribution < -0.4 is 9.47 Å². The Hall–Kier alpha value is -0.600. The molecular formula is C15H20Cl2O2. The highest BCUT2D eigenvalue weighted by molar-refractivity contribution is 6.33. The Morgan fingerprint density at radius 2 is 1.74 bits per heavy atom. The highest BCUT2D eigenvalue weighted by atomic mass is 35.5. The highest BCUT2D eigenvalue weighted by Crippen LogP contribution is 2.44. The molecule has 0 aromatic heterocycles. The number of rotatable bonds is 7. The van der Waals surface area contributed by atoms with Crippen molar-refractivity contribution in [2.45, 2.75) is 38.5 Å². The summed E-state index contributed by atoms with van der Waals surface area (Å²) >= 11 is 12.8. The van der Waals surface area contributed by atoms with Gasteiger partial charge in [-0.1, -0.05) is 24.4 Å². The monoisotopic (exact) mass is 302 g/mol. The summed E-state index contributed by atoms with van der Waals surface area (Å²) in [4.78, 5) is 0. The molecule has 106 valence electrons. The molecule has 1 aromatic carbocycles. The summed E-state index contributed by atoms with van der Waals surface area (Å²) < 4.78 is 11.2. The molecule has 0 spiro atoms. The van der Waals surface area contributed by atoms with E-state index in [1.54, 1.807) is 0 Å². The van der Waals surface area contributed by atoms with E-state index in [9.17, 15) is 0 Å². The van der Waals surface area contributed by atoms with E-state index in [2.05, 4.69) is 0 Å². The minimum Gasteiger partial charge on any atom is -0.490 e. The fourth-order valence-corrected chi connectivity index (χ4v) is 2.87. The molecule has 0 amide bonds. The number of halogens is 2. The average Bonchev–Trinajstić information content (AvgIpc) is 3.16. The molecule has 1 aliphatic carbocycles. The Kier molecular flexibility index (Phi) is 5.23. The maximum absolute atomic E-state index is 6.47. The van der Waals surface area contributed by atoms with Crippen molar-refractivity contribution >= 4 is 23.2 Å². The van der Waals surface area contributed by atoms with Crippen LogP contribution in [0.3, 0.4) is 0 Å². The third-order valence-corrected chi connectivity index (χ3v) is 3.98. The van der Waals surface area contributed by atoms with Crippen molar-refractivity contribution in [3.05, 3.63) is 22.7 Å². The van der Waals surface area contributed by atoms with E-state index in [0.29, 0.717) is 24.0 Å². The molecule has 0 radical (unpaired) electrons. The number of ether oxygens (including phenoxy) is 2. The number of benzene rings is 1. The fourth-order valence-electron chi connectivity index (χ4n) is 2.10. The SMILES string of the molecule is CCOc1cc(Cl)c(C(Cl)CC2CC2)cc1OCC. The summed E-state index contributed by atoms with van der Waals surface area (Å²) in [5.74, 6) is 2.18. The third kappa shape index (κ3) is 3.93. The van der Waals surface area contributed by atoms with E-state index in [-0.39, 0.29) is 5.38 Å². The van der Waals surface area contributed by atoms with E-state index in [4.69, 9.17) is 32.7 Å². The summed E-state index contributed by atoms with van der Waals surface area (Å²) in [6.07, 6.45) is 3.56. The zero-order valence-electron chi connectivity index (χ0n) is 11.4. The minimum absolute atomic E-state index is 0.0464. The molecule has 1 unspecified atom stereocenters. The number of hydrogen-bond acceptors (Lipinski definition) is 2. The first-order valence-corrected chi connectivity index (χ1v) is 7.70. The first-order chi connectivity index (χ1) is 9.15. The van der Waals surface area contributed by atoms with Gasteiger partial charge in [0.05, 0.1) is 18.6 Å². The topological polar surface area (TPSA) is 18.5 Å². The molecule has 0 heterocycles. The molecular weight excluding hydrogens is 283 g/mol. The van der Waals surface area contributed by atoms with Crippen molar-refractivity contribution in [3.8, 4) is 11.5 Å². The predicted molar refractivity (Wildman–Crippen MR) is 79.7 cm³/mol. The second kappa shape index (κ2) is 6.71. The molecule has 1 atom stereocenters. The van der Waals surface area contributed by atoms with Gasteiger partial charge in [-0.15, -0.1) is 11.6 Å². The molecule has 1 fully saturated rings. The van der Waals surface area contributed by atoms with E-state index in [1.807, 2.05) is 26.0 Å². The van der Waals surface area contributed by atoms with Gasteiger partial charge >= 0.3 is 0 Å². The summed E-state index contributed by atoms with van der Waals surface area (Å²) in [7, 11) is 0. The van der Waals surface area contributed by atoms with Gasteiger partial charge in [-0.2, -0.15) is 0 Å². The van der Waals surface area contributed by atoms with Crippen molar-refractivity contribution in [1.82, 2.24) is 0 Å². The normalized spacial score (nSPS) is 16.2. The molecule has 0 aliphatic heterocycles. The number of hydrogen-bond donors (Lipinski definition) is 0. The quantitative estimate of drug-likeness (QED) is 0.643. The van der Waals surface area contributed by atoms with Crippen LogP contribution >= 0.6 is 23.2 Å². The molecule has 2 rings (SSSR count). The molecule has 0 saturated heterocycles. The lowest BCUT2D eigenvalue weighted by Crippen LogP contribution is -2.01. The molecule has 0 bridgehead atoms. The van der Waals surface area contributed by atoms with Crippen molar-refractivity contribution in [1.29, 1.82) is 0 Å². The summed E-state index contributed by atoms with van der Waals surface area (Å²) in [6.45, 7) is 5.07. The van der Waals surface area contributed by atoms with Gasteiger partial charge in [-0.25, -0.2) is 0 Å². The first-order valence-electron chi connectivity index (χ1n) is 6.88. The minimum atomic E-state index is -0.0464. The standard InChI is InChI=1S/C15H20Cl2O2/c1-3-18-14-8-11(12(16)7-10-5-6-10)13(17)9-15(14)19-4-2/h8-10,12H,3-7H2,1-2H3. The molecule has 1 aromatic rings. The summed E-state index contributed by atoms with van der Waals surface area (Å²) in [5, 5.41) is 0.613. The maximum atomic E-state index is 6.47. The van der Waals surface area contributed by atoms with Gasteiger partial charge in [0.2, 0.25) is 0 Å². The van der Waals surface area contributed by atoms with Crippen LogP contribution in [0.15, 0.2) is 12.1 Å². The van der Waals surface area contributed by atoms with Crippen molar-refractivity contribution < 1.29 is 9.47 Å². The maximum Gasteiger partial charge on any atom is 0.162 e. The van der Waals surface area contributed by atoms with Crippen LogP contribution in [0.1, 0.15) is 44.1 Å². The Morgan fingerprint density at radius 3 is 2.26 bits per heavy atom. The zero-order chi connectivity index (χ0) is 13.8. The second-order valence-corrected chi connectivity index (χ2v) is 5.77. The lowest BCUT2D eigenvalue weighted by Gasteiger charge is -2.16. The smallest absolute Gasteiger partial charge is 0.162 e. The van der Waals surface area contributed by atoms with Gasteiger partial charge in [0.15, 0.2) is 11.5 Å². The van der Waals surface area contributed by atoms with Gasteiger partial charge in [-0.05, 0) is 37.8 Å². The Bertz CT molecular complexity index is 430. The number of alkyl halides is 1. The van der Waals surface area contributed by atoms with Crippen LogP contribution in [0.25, 0.3) is 0 Å².